The van der Waals surface area contributed by atoms with Gasteiger partial charge in [-0.05, 0) is 25.1 Å². The van der Waals surface area contributed by atoms with Gasteiger partial charge in [-0.1, -0.05) is 30.3 Å². The van der Waals surface area contributed by atoms with Crippen LogP contribution >= 0.6 is 0 Å². The number of carbonyl (C=O) groups excluding carboxylic acids is 1. The molecule has 2 saturated heterocycles. The van der Waals surface area contributed by atoms with Gasteiger partial charge in [-0.2, -0.15) is 5.10 Å². The van der Waals surface area contributed by atoms with Crippen molar-refractivity contribution in [2.45, 2.75) is 13.0 Å². The minimum Gasteiger partial charge on any atom is -0.354 e. The van der Waals surface area contributed by atoms with Crippen molar-refractivity contribution in [3.8, 4) is 11.3 Å². The Morgan fingerprint density at radius 3 is 2.34 bits per heavy atom. The molecule has 0 saturated carbocycles. The lowest BCUT2D eigenvalue weighted by atomic mass is 10.0. The molecule has 0 aliphatic carbocycles. The van der Waals surface area contributed by atoms with Crippen LogP contribution in [0.5, 0.6) is 0 Å². The molecule has 4 heterocycles. The molecular formula is C22H24N6O. The predicted octanol–water partition coefficient (Wildman–Crippen LogP) is 2.50. The second-order valence-corrected chi connectivity index (χ2v) is 7.97. The largest absolute Gasteiger partial charge is 0.354 e. The summed E-state index contributed by atoms with van der Waals surface area (Å²) >= 11 is 0. The van der Waals surface area contributed by atoms with Crippen molar-refractivity contribution in [1.29, 1.82) is 0 Å². The average molecular weight is 388 g/mol. The molecule has 0 N–H and O–H groups in total. The van der Waals surface area contributed by atoms with E-state index in [9.17, 15) is 4.79 Å². The molecule has 7 nitrogen and oxygen atoms in total. The summed E-state index contributed by atoms with van der Waals surface area (Å²) in [7, 11) is 0. The zero-order chi connectivity index (χ0) is 19.8. The fourth-order valence-corrected chi connectivity index (χ4v) is 4.50. The fourth-order valence-electron chi connectivity index (χ4n) is 4.50. The van der Waals surface area contributed by atoms with Crippen molar-refractivity contribution in [3.63, 3.8) is 0 Å². The summed E-state index contributed by atoms with van der Waals surface area (Å²) in [4.78, 5) is 17.1. The summed E-state index contributed by atoms with van der Waals surface area (Å²) in [6, 6.07) is 15.8. The van der Waals surface area contributed by atoms with E-state index >= 15 is 0 Å². The van der Waals surface area contributed by atoms with Crippen molar-refractivity contribution in [1.82, 2.24) is 24.9 Å². The Bertz CT molecular complexity index is 958. The number of hydrogen-bond acceptors (Lipinski definition) is 5. The molecule has 1 amide bonds. The van der Waals surface area contributed by atoms with Gasteiger partial charge >= 0.3 is 0 Å². The Morgan fingerprint density at radius 2 is 1.72 bits per heavy atom. The molecule has 2 aliphatic heterocycles. The molecule has 3 atom stereocenters. The van der Waals surface area contributed by atoms with Gasteiger partial charge in [-0.15, -0.1) is 10.2 Å². The maximum Gasteiger partial charge on any atom is 0.247 e. The van der Waals surface area contributed by atoms with E-state index in [2.05, 4.69) is 26.3 Å². The Morgan fingerprint density at radius 1 is 0.966 bits per heavy atom. The average Bonchev–Trinajstić information content (AvgIpc) is 3.50. The first kappa shape index (κ1) is 17.8. The summed E-state index contributed by atoms with van der Waals surface area (Å²) in [6.07, 6.45) is 3.56. The van der Waals surface area contributed by atoms with Gasteiger partial charge in [-0.25, -0.2) is 0 Å². The lowest BCUT2D eigenvalue weighted by Crippen LogP contribution is -2.37. The van der Waals surface area contributed by atoms with Crippen LogP contribution in [0.4, 0.5) is 5.82 Å². The normalized spacial score (nSPS) is 22.0. The second-order valence-electron chi connectivity index (χ2n) is 7.97. The smallest absolute Gasteiger partial charge is 0.247 e. The Balaban J connectivity index is 1.22. The molecular weight excluding hydrogens is 364 g/mol. The first-order chi connectivity index (χ1) is 14.2. The number of aromatic nitrogens is 4. The molecule has 29 heavy (non-hydrogen) atoms. The molecule has 148 valence electrons. The summed E-state index contributed by atoms with van der Waals surface area (Å²) in [5.74, 6) is 2.04. The minimum atomic E-state index is -0.253. The zero-order valence-corrected chi connectivity index (χ0v) is 16.4. The zero-order valence-electron chi connectivity index (χ0n) is 16.4. The van der Waals surface area contributed by atoms with E-state index in [0.29, 0.717) is 11.8 Å². The van der Waals surface area contributed by atoms with Gasteiger partial charge in [0.15, 0.2) is 5.82 Å². The minimum absolute atomic E-state index is 0.154. The van der Waals surface area contributed by atoms with Crippen LogP contribution in [-0.2, 0) is 4.79 Å². The molecule has 3 aromatic rings. The van der Waals surface area contributed by atoms with Crippen LogP contribution in [0, 0.1) is 11.8 Å². The summed E-state index contributed by atoms with van der Waals surface area (Å²) in [5.41, 5.74) is 1.96. The number of likely N-dealkylation sites (tertiary alicyclic amines) is 1. The van der Waals surface area contributed by atoms with Crippen LogP contribution in [0.2, 0.25) is 0 Å². The monoisotopic (exact) mass is 388 g/mol. The van der Waals surface area contributed by atoms with E-state index in [1.165, 1.54) is 0 Å². The van der Waals surface area contributed by atoms with Gasteiger partial charge in [0, 0.05) is 56.0 Å². The van der Waals surface area contributed by atoms with Gasteiger partial charge in [0.25, 0.3) is 0 Å². The molecule has 3 unspecified atom stereocenters. The van der Waals surface area contributed by atoms with Crippen LogP contribution in [0.25, 0.3) is 11.3 Å². The number of amides is 1. The Kier molecular flexibility index (Phi) is 4.50. The first-order valence-corrected chi connectivity index (χ1v) is 10.1. The molecule has 5 rings (SSSR count). The van der Waals surface area contributed by atoms with Crippen molar-refractivity contribution < 1.29 is 4.79 Å². The summed E-state index contributed by atoms with van der Waals surface area (Å²) in [6.45, 7) is 5.37. The number of carbonyl (C=O) groups is 1. The van der Waals surface area contributed by atoms with Crippen LogP contribution in [0.15, 0.2) is 60.9 Å². The van der Waals surface area contributed by atoms with E-state index in [1.54, 1.807) is 10.9 Å². The second kappa shape index (κ2) is 7.31. The first-order valence-electron chi connectivity index (χ1n) is 10.1. The van der Waals surface area contributed by atoms with E-state index in [1.807, 2.05) is 60.5 Å². The predicted molar refractivity (Wildman–Crippen MR) is 110 cm³/mol. The van der Waals surface area contributed by atoms with Gasteiger partial charge in [0.05, 0.1) is 5.69 Å². The number of benzene rings is 1. The lowest BCUT2D eigenvalue weighted by Gasteiger charge is -2.24. The highest BCUT2D eigenvalue weighted by atomic mass is 16.2. The van der Waals surface area contributed by atoms with Crippen molar-refractivity contribution in [3.05, 3.63) is 60.9 Å². The quantitative estimate of drug-likeness (QED) is 0.687. The number of fused-ring (bicyclic) bond motifs is 1. The van der Waals surface area contributed by atoms with Gasteiger partial charge in [-0.3, -0.25) is 9.48 Å². The Labute approximate surface area is 170 Å². The van der Waals surface area contributed by atoms with Gasteiger partial charge in [0.2, 0.25) is 5.91 Å². The van der Waals surface area contributed by atoms with Crippen LogP contribution < -0.4 is 4.90 Å². The van der Waals surface area contributed by atoms with Crippen molar-refractivity contribution >= 4 is 11.7 Å². The summed E-state index contributed by atoms with van der Waals surface area (Å²) in [5, 5.41) is 13.1. The molecule has 1 aromatic carbocycles. The van der Waals surface area contributed by atoms with Gasteiger partial charge in [0.1, 0.15) is 6.04 Å². The summed E-state index contributed by atoms with van der Waals surface area (Å²) < 4.78 is 1.73. The van der Waals surface area contributed by atoms with Crippen LogP contribution in [-0.4, -0.2) is 57.0 Å². The SMILES string of the molecule is CC(C(=O)N1CC2CN(c3ccc(-c4ccccc4)nn3)CC2C1)n1cccn1. The van der Waals surface area contributed by atoms with E-state index in [-0.39, 0.29) is 11.9 Å². The number of rotatable bonds is 4. The van der Waals surface area contributed by atoms with E-state index in [0.717, 1.165) is 43.3 Å². The van der Waals surface area contributed by atoms with E-state index < -0.39 is 0 Å². The maximum absolute atomic E-state index is 12.8. The highest BCUT2D eigenvalue weighted by Crippen LogP contribution is 2.34. The lowest BCUT2D eigenvalue weighted by molar-refractivity contribution is -0.133. The highest BCUT2D eigenvalue weighted by Gasteiger charge is 2.43. The molecule has 0 radical (unpaired) electrons. The number of nitrogens with zero attached hydrogens (tertiary/aromatic N) is 6. The van der Waals surface area contributed by atoms with Crippen molar-refractivity contribution in [2.75, 3.05) is 31.1 Å². The standard InChI is InChI=1S/C22H24N6O/c1-16(28-11-5-10-23-28)22(29)27-14-18-12-26(13-19(18)15-27)21-9-8-20(24-25-21)17-6-3-2-4-7-17/h2-11,16,18-19H,12-15H2,1H3. The van der Waals surface area contributed by atoms with Crippen molar-refractivity contribution in [2.24, 2.45) is 11.8 Å². The molecule has 2 fully saturated rings. The molecule has 2 aliphatic rings. The number of hydrogen-bond donors (Lipinski definition) is 0. The number of anilines is 1. The third-order valence-electron chi connectivity index (χ3n) is 6.12. The highest BCUT2D eigenvalue weighted by molar-refractivity contribution is 5.80. The third kappa shape index (κ3) is 3.37. The molecule has 7 heteroatoms. The van der Waals surface area contributed by atoms with Crippen LogP contribution in [0.3, 0.4) is 0 Å². The molecule has 0 spiro atoms. The third-order valence-corrected chi connectivity index (χ3v) is 6.12. The topological polar surface area (TPSA) is 67.2 Å². The molecule has 0 bridgehead atoms. The fraction of sp³-hybridized carbons (Fsp3) is 0.364. The van der Waals surface area contributed by atoms with E-state index in [4.69, 9.17) is 0 Å². The maximum atomic E-state index is 12.8. The molecule has 2 aromatic heterocycles. The van der Waals surface area contributed by atoms with Crippen LogP contribution in [0.1, 0.15) is 13.0 Å². The Hall–Kier alpha value is -3.22. The van der Waals surface area contributed by atoms with Gasteiger partial charge < -0.3 is 9.80 Å².